The molecule has 1 heterocycles. The number of aromatic nitrogens is 2. The van der Waals surface area contributed by atoms with E-state index in [9.17, 15) is 9.90 Å². The van der Waals surface area contributed by atoms with E-state index in [-0.39, 0.29) is 0 Å². The molecule has 19 heavy (non-hydrogen) atoms. The summed E-state index contributed by atoms with van der Waals surface area (Å²) in [7, 11) is 0. The largest absolute Gasteiger partial charge is 0.480 e. The van der Waals surface area contributed by atoms with E-state index >= 15 is 0 Å². The van der Waals surface area contributed by atoms with Crippen LogP contribution in [-0.2, 0) is 11.2 Å². The van der Waals surface area contributed by atoms with Crippen LogP contribution in [0.2, 0.25) is 0 Å². The van der Waals surface area contributed by atoms with Gasteiger partial charge in [0, 0.05) is 12.4 Å². The first kappa shape index (κ1) is 13.5. The number of carboxylic acid groups (broad SMARTS) is 1. The SMILES string of the molecule is Cc1nccnc1SC(Cc1ccccc1)C(=O)O. The fourth-order valence-corrected chi connectivity index (χ4v) is 2.64. The Kier molecular flexibility index (Phi) is 4.52. The molecule has 4 nitrogen and oxygen atoms in total. The standard InChI is InChI=1S/C14H14N2O2S/c1-10-13(16-8-7-15-10)19-12(14(17)18)9-11-5-3-2-4-6-11/h2-8,12H,9H2,1H3,(H,17,18). The maximum Gasteiger partial charge on any atom is 0.317 e. The fraction of sp³-hybridized carbons (Fsp3) is 0.214. The lowest BCUT2D eigenvalue weighted by Crippen LogP contribution is -2.19. The Labute approximate surface area is 115 Å². The van der Waals surface area contributed by atoms with Crippen LogP contribution in [-0.4, -0.2) is 26.3 Å². The first-order valence-electron chi connectivity index (χ1n) is 5.88. The van der Waals surface area contributed by atoms with Crippen molar-refractivity contribution >= 4 is 17.7 Å². The van der Waals surface area contributed by atoms with Crippen LogP contribution in [0.5, 0.6) is 0 Å². The summed E-state index contributed by atoms with van der Waals surface area (Å²) in [6.45, 7) is 1.83. The molecule has 0 fully saturated rings. The van der Waals surface area contributed by atoms with Crippen molar-refractivity contribution in [3.05, 3.63) is 54.0 Å². The van der Waals surface area contributed by atoms with Crippen LogP contribution in [0.1, 0.15) is 11.3 Å². The van der Waals surface area contributed by atoms with E-state index in [1.54, 1.807) is 12.4 Å². The molecule has 1 unspecified atom stereocenters. The molecule has 0 aliphatic rings. The van der Waals surface area contributed by atoms with Gasteiger partial charge >= 0.3 is 5.97 Å². The molecule has 1 atom stereocenters. The number of hydrogen-bond acceptors (Lipinski definition) is 4. The predicted molar refractivity (Wildman–Crippen MR) is 74.2 cm³/mol. The summed E-state index contributed by atoms with van der Waals surface area (Å²) in [6, 6.07) is 9.60. The minimum Gasteiger partial charge on any atom is -0.480 e. The second-order valence-corrected chi connectivity index (χ2v) is 5.27. The van der Waals surface area contributed by atoms with Crippen LogP contribution >= 0.6 is 11.8 Å². The summed E-state index contributed by atoms with van der Waals surface area (Å²) in [4.78, 5) is 19.7. The normalized spacial score (nSPS) is 12.1. The van der Waals surface area contributed by atoms with E-state index < -0.39 is 11.2 Å². The van der Waals surface area contributed by atoms with Gasteiger partial charge in [-0.2, -0.15) is 0 Å². The molecule has 1 aromatic heterocycles. The number of nitrogens with zero attached hydrogens (tertiary/aromatic N) is 2. The molecule has 5 heteroatoms. The van der Waals surface area contributed by atoms with Crippen LogP contribution in [0.4, 0.5) is 0 Å². The Balaban J connectivity index is 2.13. The molecule has 0 saturated heterocycles. The summed E-state index contributed by atoms with van der Waals surface area (Å²) in [5.74, 6) is -0.834. The highest BCUT2D eigenvalue weighted by Gasteiger charge is 2.21. The quantitative estimate of drug-likeness (QED) is 0.849. The van der Waals surface area contributed by atoms with Gasteiger partial charge in [0.15, 0.2) is 0 Å². The van der Waals surface area contributed by atoms with Crippen molar-refractivity contribution in [2.75, 3.05) is 0 Å². The molecule has 1 N–H and O–H groups in total. The molecule has 0 radical (unpaired) electrons. The summed E-state index contributed by atoms with van der Waals surface area (Å²) in [5.41, 5.74) is 1.76. The smallest absolute Gasteiger partial charge is 0.317 e. The minimum atomic E-state index is -0.834. The lowest BCUT2D eigenvalue weighted by Gasteiger charge is -2.12. The molecule has 2 rings (SSSR count). The average Bonchev–Trinajstić information content (AvgIpc) is 2.41. The number of aliphatic carboxylic acids is 1. The van der Waals surface area contributed by atoms with Gasteiger partial charge in [0.05, 0.1) is 5.69 Å². The van der Waals surface area contributed by atoms with E-state index in [1.807, 2.05) is 37.3 Å². The minimum absolute atomic E-state index is 0.469. The van der Waals surface area contributed by atoms with Gasteiger partial charge < -0.3 is 5.11 Å². The van der Waals surface area contributed by atoms with Crippen LogP contribution in [0.15, 0.2) is 47.8 Å². The number of hydrogen-bond donors (Lipinski definition) is 1. The van der Waals surface area contributed by atoms with Gasteiger partial charge in [-0.3, -0.25) is 9.78 Å². The number of carbonyl (C=O) groups is 1. The number of rotatable bonds is 5. The van der Waals surface area contributed by atoms with Crippen molar-refractivity contribution in [3.8, 4) is 0 Å². The first-order valence-corrected chi connectivity index (χ1v) is 6.76. The first-order chi connectivity index (χ1) is 9.16. The highest BCUT2D eigenvalue weighted by molar-refractivity contribution is 8.00. The zero-order chi connectivity index (χ0) is 13.7. The maximum atomic E-state index is 11.4. The Morgan fingerprint density at radius 3 is 2.58 bits per heavy atom. The monoisotopic (exact) mass is 274 g/mol. The number of aryl methyl sites for hydroxylation is 1. The van der Waals surface area contributed by atoms with E-state index in [4.69, 9.17) is 0 Å². The van der Waals surface area contributed by atoms with Gasteiger partial charge in [-0.25, -0.2) is 4.98 Å². The molecule has 0 amide bonds. The second-order valence-electron chi connectivity index (χ2n) is 4.08. The Morgan fingerprint density at radius 1 is 1.26 bits per heavy atom. The maximum absolute atomic E-state index is 11.4. The highest BCUT2D eigenvalue weighted by Crippen LogP contribution is 2.26. The molecule has 2 aromatic rings. The molecule has 1 aromatic carbocycles. The van der Waals surface area contributed by atoms with E-state index in [0.29, 0.717) is 11.4 Å². The van der Waals surface area contributed by atoms with Crippen molar-refractivity contribution in [1.82, 2.24) is 9.97 Å². The van der Waals surface area contributed by atoms with Crippen molar-refractivity contribution in [2.24, 2.45) is 0 Å². The summed E-state index contributed by atoms with van der Waals surface area (Å²) in [6.07, 6.45) is 3.65. The van der Waals surface area contributed by atoms with Crippen LogP contribution in [0.25, 0.3) is 0 Å². The lowest BCUT2D eigenvalue weighted by atomic mass is 10.1. The third kappa shape index (κ3) is 3.79. The topological polar surface area (TPSA) is 63.1 Å². The molecule has 0 aliphatic heterocycles. The highest BCUT2D eigenvalue weighted by atomic mass is 32.2. The molecule has 0 bridgehead atoms. The van der Waals surface area contributed by atoms with Crippen molar-refractivity contribution in [3.63, 3.8) is 0 Å². The molecular formula is C14H14N2O2S. The zero-order valence-electron chi connectivity index (χ0n) is 10.5. The third-order valence-electron chi connectivity index (χ3n) is 2.63. The van der Waals surface area contributed by atoms with Gasteiger partial charge in [0.25, 0.3) is 0 Å². The Bertz CT molecular complexity index is 560. The predicted octanol–water partition coefficient (Wildman–Crippen LogP) is 2.57. The molecule has 98 valence electrons. The Hall–Kier alpha value is -1.88. The average molecular weight is 274 g/mol. The Morgan fingerprint density at radius 2 is 1.95 bits per heavy atom. The van der Waals surface area contributed by atoms with Gasteiger partial charge in [-0.05, 0) is 18.9 Å². The van der Waals surface area contributed by atoms with Crippen molar-refractivity contribution in [1.29, 1.82) is 0 Å². The fourth-order valence-electron chi connectivity index (χ4n) is 1.65. The molecule has 0 aliphatic carbocycles. The van der Waals surface area contributed by atoms with Crippen molar-refractivity contribution in [2.45, 2.75) is 23.6 Å². The molecular weight excluding hydrogens is 260 g/mol. The van der Waals surface area contributed by atoms with Crippen LogP contribution in [0.3, 0.4) is 0 Å². The van der Waals surface area contributed by atoms with Gasteiger partial charge in [-0.15, -0.1) is 0 Å². The number of carboxylic acids is 1. The summed E-state index contributed by atoms with van der Waals surface area (Å²) in [5, 5.41) is 9.43. The van der Waals surface area contributed by atoms with Gasteiger partial charge in [0.1, 0.15) is 10.3 Å². The third-order valence-corrected chi connectivity index (χ3v) is 3.91. The van der Waals surface area contributed by atoms with Gasteiger partial charge in [0.2, 0.25) is 0 Å². The number of thioether (sulfide) groups is 1. The second kappa shape index (κ2) is 6.33. The van der Waals surface area contributed by atoms with E-state index in [1.165, 1.54) is 11.8 Å². The van der Waals surface area contributed by atoms with Crippen LogP contribution in [0, 0.1) is 6.92 Å². The van der Waals surface area contributed by atoms with Gasteiger partial charge in [-0.1, -0.05) is 42.1 Å². The lowest BCUT2D eigenvalue weighted by molar-refractivity contribution is -0.136. The zero-order valence-corrected chi connectivity index (χ0v) is 11.3. The summed E-state index contributed by atoms with van der Waals surface area (Å²) < 4.78 is 0. The summed E-state index contributed by atoms with van der Waals surface area (Å²) >= 11 is 1.25. The van der Waals surface area contributed by atoms with E-state index in [2.05, 4.69) is 9.97 Å². The number of benzene rings is 1. The molecule has 0 saturated carbocycles. The van der Waals surface area contributed by atoms with Crippen LogP contribution < -0.4 is 0 Å². The van der Waals surface area contributed by atoms with Crippen molar-refractivity contribution < 1.29 is 9.90 Å². The molecule has 0 spiro atoms. The van der Waals surface area contributed by atoms with E-state index in [0.717, 1.165) is 11.3 Å².